The number of halogens is 1. The van der Waals surface area contributed by atoms with Crippen LogP contribution in [-0.4, -0.2) is 24.0 Å². The van der Waals surface area contributed by atoms with Crippen molar-refractivity contribution >= 4 is 11.6 Å². The maximum Gasteiger partial charge on any atom is 0.0497 e. The van der Waals surface area contributed by atoms with E-state index in [9.17, 15) is 0 Å². The van der Waals surface area contributed by atoms with Crippen molar-refractivity contribution in [3.8, 4) is 0 Å². The summed E-state index contributed by atoms with van der Waals surface area (Å²) in [4.78, 5) is 2.52. The average Bonchev–Trinajstić information content (AvgIpc) is 2.28. The molecular weight excluding hydrogens is 244 g/mol. The maximum atomic E-state index is 6.21. The van der Waals surface area contributed by atoms with E-state index < -0.39 is 0 Å². The first-order valence-electron chi connectivity index (χ1n) is 6.83. The standard InChI is InChI=1S/C15H23ClN2/c1-11-5-4-8-18(10-11)15(12(2)17)13-6-3-7-14(16)9-13/h3,6-7,9,11-12,15H,4-5,8,10,17H2,1-2H3. The molecule has 1 heterocycles. The van der Waals surface area contributed by atoms with E-state index in [0.717, 1.165) is 24.0 Å². The second-order valence-corrected chi connectivity index (χ2v) is 6.04. The number of nitrogens with two attached hydrogens (primary N) is 1. The molecule has 0 bridgehead atoms. The normalized spacial score (nSPS) is 24.8. The first-order valence-corrected chi connectivity index (χ1v) is 7.21. The zero-order chi connectivity index (χ0) is 13.1. The second kappa shape index (κ2) is 6.05. The molecule has 0 radical (unpaired) electrons. The van der Waals surface area contributed by atoms with Gasteiger partial charge in [-0.25, -0.2) is 0 Å². The minimum absolute atomic E-state index is 0.119. The molecule has 3 unspecified atom stereocenters. The third-order valence-corrected chi connectivity index (χ3v) is 4.01. The summed E-state index contributed by atoms with van der Waals surface area (Å²) in [7, 11) is 0. The fraction of sp³-hybridized carbons (Fsp3) is 0.600. The molecule has 1 aliphatic rings. The van der Waals surface area contributed by atoms with Crippen molar-refractivity contribution < 1.29 is 0 Å². The lowest BCUT2D eigenvalue weighted by atomic mass is 9.93. The van der Waals surface area contributed by atoms with E-state index in [-0.39, 0.29) is 12.1 Å². The summed E-state index contributed by atoms with van der Waals surface area (Å²) in [6.07, 6.45) is 2.60. The Labute approximate surface area is 115 Å². The topological polar surface area (TPSA) is 29.3 Å². The molecule has 3 atom stereocenters. The van der Waals surface area contributed by atoms with Gasteiger partial charge in [-0.15, -0.1) is 0 Å². The zero-order valence-electron chi connectivity index (χ0n) is 11.3. The predicted molar refractivity (Wildman–Crippen MR) is 77.8 cm³/mol. The van der Waals surface area contributed by atoms with E-state index in [1.807, 2.05) is 12.1 Å². The number of benzene rings is 1. The molecule has 0 saturated carbocycles. The van der Waals surface area contributed by atoms with E-state index >= 15 is 0 Å². The summed E-state index contributed by atoms with van der Waals surface area (Å²) < 4.78 is 0. The van der Waals surface area contributed by atoms with E-state index in [1.165, 1.54) is 18.4 Å². The lowest BCUT2D eigenvalue weighted by molar-refractivity contribution is 0.116. The number of likely N-dealkylation sites (tertiary alicyclic amines) is 1. The van der Waals surface area contributed by atoms with Gasteiger partial charge in [0, 0.05) is 23.7 Å². The Balaban J connectivity index is 2.22. The number of hydrogen-bond acceptors (Lipinski definition) is 2. The summed E-state index contributed by atoms with van der Waals surface area (Å²) >= 11 is 6.10. The first kappa shape index (κ1) is 13.9. The molecule has 1 aromatic rings. The van der Waals surface area contributed by atoms with Crippen LogP contribution >= 0.6 is 11.6 Å². The lowest BCUT2D eigenvalue weighted by Gasteiger charge is -2.39. The Kier molecular flexibility index (Phi) is 4.66. The molecule has 1 aliphatic heterocycles. The van der Waals surface area contributed by atoms with Gasteiger partial charge in [0.05, 0.1) is 0 Å². The highest BCUT2D eigenvalue weighted by Gasteiger charge is 2.27. The van der Waals surface area contributed by atoms with Crippen molar-refractivity contribution in [3.63, 3.8) is 0 Å². The van der Waals surface area contributed by atoms with E-state index in [1.54, 1.807) is 0 Å². The Morgan fingerprint density at radius 3 is 2.83 bits per heavy atom. The largest absolute Gasteiger partial charge is 0.326 e. The molecule has 0 aliphatic carbocycles. The Bertz CT molecular complexity index is 392. The van der Waals surface area contributed by atoms with Crippen LogP contribution in [0.25, 0.3) is 0 Å². The Morgan fingerprint density at radius 2 is 2.22 bits per heavy atom. The number of rotatable bonds is 3. The average molecular weight is 267 g/mol. The highest BCUT2D eigenvalue weighted by Crippen LogP contribution is 2.29. The van der Waals surface area contributed by atoms with Crippen LogP contribution in [0.15, 0.2) is 24.3 Å². The van der Waals surface area contributed by atoms with Gasteiger partial charge in [0.2, 0.25) is 0 Å². The van der Waals surface area contributed by atoms with Crippen molar-refractivity contribution in [1.29, 1.82) is 0 Å². The smallest absolute Gasteiger partial charge is 0.0497 e. The van der Waals surface area contributed by atoms with Gasteiger partial charge in [-0.2, -0.15) is 0 Å². The summed E-state index contributed by atoms with van der Waals surface area (Å²) in [5.41, 5.74) is 7.45. The highest BCUT2D eigenvalue weighted by atomic mass is 35.5. The van der Waals surface area contributed by atoms with Gasteiger partial charge < -0.3 is 5.73 Å². The van der Waals surface area contributed by atoms with Gasteiger partial charge in [-0.05, 0) is 49.9 Å². The third-order valence-electron chi connectivity index (χ3n) is 3.77. The van der Waals surface area contributed by atoms with Crippen LogP contribution in [0, 0.1) is 5.92 Å². The highest BCUT2D eigenvalue weighted by molar-refractivity contribution is 6.30. The molecule has 0 spiro atoms. The van der Waals surface area contributed by atoms with Gasteiger partial charge in [0.1, 0.15) is 0 Å². The van der Waals surface area contributed by atoms with Crippen LogP contribution in [-0.2, 0) is 0 Å². The molecule has 18 heavy (non-hydrogen) atoms. The quantitative estimate of drug-likeness (QED) is 0.908. The number of hydrogen-bond donors (Lipinski definition) is 1. The SMILES string of the molecule is CC1CCCN(C(c2cccc(Cl)c2)C(C)N)C1. The van der Waals surface area contributed by atoms with E-state index in [2.05, 4.69) is 30.9 Å². The summed E-state index contributed by atoms with van der Waals surface area (Å²) in [6.45, 7) is 6.69. The summed E-state index contributed by atoms with van der Waals surface area (Å²) in [5, 5.41) is 0.795. The van der Waals surface area contributed by atoms with Crippen LogP contribution < -0.4 is 5.73 Å². The molecule has 3 heteroatoms. The monoisotopic (exact) mass is 266 g/mol. The van der Waals surface area contributed by atoms with Crippen molar-refractivity contribution in [3.05, 3.63) is 34.9 Å². The Hall–Kier alpha value is -0.570. The summed E-state index contributed by atoms with van der Waals surface area (Å²) in [5.74, 6) is 0.763. The number of nitrogens with zero attached hydrogens (tertiary/aromatic N) is 1. The lowest BCUT2D eigenvalue weighted by Crippen LogP contribution is -2.44. The van der Waals surface area contributed by atoms with Crippen LogP contribution in [0.4, 0.5) is 0 Å². The third kappa shape index (κ3) is 3.25. The van der Waals surface area contributed by atoms with Crippen LogP contribution in [0.1, 0.15) is 38.3 Å². The molecule has 1 fully saturated rings. The molecular formula is C15H23ClN2. The summed E-state index contributed by atoms with van der Waals surface area (Å²) in [6, 6.07) is 8.52. The van der Waals surface area contributed by atoms with E-state index in [0.29, 0.717) is 0 Å². The van der Waals surface area contributed by atoms with Crippen molar-refractivity contribution in [2.75, 3.05) is 13.1 Å². The molecule has 2 rings (SSSR count). The van der Waals surface area contributed by atoms with Gasteiger partial charge in [0.25, 0.3) is 0 Å². The Morgan fingerprint density at radius 1 is 1.44 bits per heavy atom. The molecule has 0 amide bonds. The molecule has 1 saturated heterocycles. The van der Waals surface area contributed by atoms with Crippen molar-refractivity contribution in [2.24, 2.45) is 11.7 Å². The first-order chi connectivity index (χ1) is 8.58. The second-order valence-electron chi connectivity index (χ2n) is 5.60. The number of piperidine rings is 1. The molecule has 2 N–H and O–H groups in total. The van der Waals surface area contributed by atoms with Gasteiger partial charge in [0.15, 0.2) is 0 Å². The minimum Gasteiger partial charge on any atom is -0.326 e. The van der Waals surface area contributed by atoms with Gasteiger partial charge in [-0.1, -0.05) is 30.7 Å². The minimum atomic E-state index is 0.119. The molecule has 1 aromatic carbocycles. The van der Waals surface area contributed by atoms with Crippen molar-refractivity contribution in [2.45, 2.75) is 38.8 Å². The van der Waals surface area contributed by atoms with Crippen LogP contribution in [0.5, 0.6) is 0 Å². The maximum absolute atomic E-state index is 6.21. The fourth-order valence-corrected chi connectivity index (χ4v) is 3.21. The van der Waals surface area contributed by atoms with Crippen LogP contribution in [0.3, 0.4) is 0 Å². The molecule has 2 nitrogen and oxygen atoms in total. The van der Waals surface area contributed by atoms with Crippen LogP contribution in [0.2, 0.25) is 5.02 Å². The van der Waals surface area contributed by atoms with Gasteiger partial charge >= 0.3 is 0 Å². The van der Waals surface area contributed by atoms with E-state index in [4.69, 9.17) is 17.3 Å². The van der Waals surface area contributed by atoms with Gasteiger partial charge in [-0.3, -0.25) is 4.90 Å². The zero-order valence-corrected chi connectivity index (χ0v) is 12.0. The molecule has 100 valence electrons. The fourth-order valence-electron chi connectivity index (χ4n) is 3.02. The van der Waals surface area contributed by atoms with Crippen molar-refractivity contribution in [1.82, 2.24) is 4.90 Å². The predicted octanol–water partition coefficient (Wildman–Crippen LogP) is 3.46. The molecule has 0 aromatic heterocycles.